The Bertz CT molecular complexity index is 617. The van der Waals surface area contributed by atoms with Gasteiger partial charge in [0, 0.05) is 12.0 Å². The molecule has 1 aliphatic carbocycles. The third-order valence-corrected chi connectivity index (χ3v) is 4.93. The molecule has 1 saturated carbocycles. The maximum Gasteiger partial charge on any atom is 0.329 e. The summed E-state index contributed by atoms with van der Waals surface area (Å²) in [6.45, 7) is -0.284. The minimum atomic E-state index is -0.612. The Morgan fingerprint density at radius 3 is 2.38 bits per heavy atom. The zero-order chi connectivity index (χ0) is 16.9. The van der Waals surface area contributed by atoms with Crippen molar-refractivity contribution in [1.29, 1.82) is 0 Å². The molecule has 5 heteroatoms. The van der Waals surface area contributed by atoms with Crippen LogP contribution in [-0.4, -0.2) is 30.3 Å². The van der Waals surface area contributed by atoms with E-state index in [0.29, 0.717) is 24.3 Å². The van der Waals surface area contributed by atoms with Gasteiger partial charge in [0.15, 0.2) is 12.4 Å². The molecule has 0 aromatic heterocycles. The second-order valence-electron chi connectivity index (χ2n) is 6.65. The van der Waals surface area contributed by atoms with Crippen LogP contribution >= 0.6 is 0 Å². The van der Waals surface area contributed by atoms with Crippen molar-refractivity contribution in [3.8, 4) is 0 Å². The van der Waals surface area contributed by atoms with E-state index >= 15 is 0 Å². The molecule has 0 bridgehead atoms. The van der Waals surface area contributed by atoms with Crippen LogP contribution in [0.2, 0.25) is 0 Å². The Morgan fingerprint density at radius 1 is 1.04 bits per heavy atom. The summed E-state index contributed by atoms with van der Waals surface area (Å²) in [5.41, 5.74) is 1.84. The number of benzene rings is 1. The van der Waals surface area contributed by atoms with Gasteiger partial charge < -0.3 is 10.1 Å². The maximum atomic E-state index is 12.2. The quantitative estimate of drug-likeness (QED) is 0.666. The molecule has 2 fully saturated rings. The van der Waals surface area contributed by atoms with Crippen LogP contribution in [-0.2, 0) is 14.3 Å². The van der Waals surface area contributed by atoms with Gasteiger partial charge in [-0.25, -0.2) is 4.79 Å². The van der Waals surface area contributed by atoms with Crippen LogP contribution in [0.4, 0.5) is 0 Å². The summed E-state index contributed by atoms with van der Waals surface area (Å²) in [6.07, 6.45) is 7.08. The Labute approximate surface area is 141 Å². The molecular formula is C19H23NO4. The van der Waals surface area contributed by atoms with Gasteiger partial charge in [0.2, 0.25) is 5.91 Å². The molecule has 1 saturated heterocycles. The van der Waals surface area contributed by atoms with Gasteiger partial charge in [0.25, 0.3) is 0 Å². The van der Waals surface area contributed by atoms with Gasteiger partial charge in [-0.1, -0.05) is 43.5 Å². The molecule has 2 aliphatic rings. The highest BCUT2D eigenvalue weighted by molar-refractivity contribution is 5.98. The highest BCUT2D eigenvalue weighted by Gasteiger charge is 2.28. The first kappa shape index (κ1) is 16.7. The number of amides is 1. The number of hydrogen-bond donors (Lipinski definition) is 1. The molecule has 24 heavy (non-hydrogen) atoms. The number of carbonyl (C=O) groups is 3. The third-order valence-electron chi connectivity index (χ3n) is 4.93. The molecule has 0 spiro atoms. The monoisotopic (exact) mass is 329 g/mol. The summed E-state index contributed by atoms with van der Waals surface area (Å²) in [5.74, 6) is -0.302. The van der Waals surface area contributed by atoms with Crippen LogP contribution in [0, 0.1) is 0 Å². The van der Waals surface area contributed by atoms with Gasteiger partial charge in [-0.2, -0.15) is 0 Å². The summed E-state index contributed by atoms with van der Waals surface area (Å²) >= 11 is 0. The van der Waals surface area contributed by atoms with Crippen LogP contribution in [0.1, 0.15) is 66.8 Å². The van der Waals surface area contributed by atoms with Gasteiger partial charge >= 0.3 is 5.97 Å². The summed E-state index contributed by atoms with van der Waals surface area (Å²) in [7, 11) is 0. The van der Waals surface area contributed by atoms with Crippen LogP contribution in [0.5, 0.6) is 0 Å². The van der Waals surface area contributed by atoms with Crippen LogP contribution in [0.15, 0.2) is 24.3 Å². The lowest BCUT2D eigenvalue weighted by Crippen LogP contribution is -2.35. The highest BCUT2D eigenvalue weighted by Crippen LogP contribution is 2.32. The van der Waals surface area contributed by atoms with Crippen molar-refractivity contribution in [2.24, 2.45) is 0 Å². The molecule has 1 heterocycles. The first-order valence-corrected chi connectivity index (χ1v) is 8.72. The van der Waals surface area contributed by atoms with E-state index in [2.05, 4.69) is 5.32 Å². The lowest BCUT2D eigenvalue weighted by Gasteiger charge is -2.22. The Hall–Kier alpha value is -2.17. The molecule has 1 N–H and O–H groups in total. The smallest absolute Gasteiger partial charge is 0.329 e. The lowest BCUT2D eigenvalue weighted by atomic mass is 9.84. The fourth-order valence-electron chi connectivity index (χ4n) is 3.49. The molecule has 1 aliphatic heterocycles. The molecule has 0 unspecified atom stereocenters. The van der Waals surface area contributed by atoms with Gasteiger partial charge in [-0.05, 0) is 30.7 Å². The predicted molar refractivity (Wildman–Crippen MR) is 88.7 cm³/mol. The highest BCUT2D eigenvalue weighted by atomic mass is 16.5. The van der Waals surface area contributed by atoms with Crippen molar-refractivity contribution >= 4 is 17.7 Å². The van der Waals surface area contributed by atoms with Crippen molar-refractivity contribution in [2.45, 2.75) is 56.9 Å². The van der Waals surface area contributed by atoms with Crippen molar-refractivity contribution < 1.29 is 19.1 Å². The van der Waals surface area contributed by atoms with E-state index in [1.54, 1.807) is 0 Å². The third kappa shape index (κ3) is 4.02. The average Bonchev–Trinajstić information content (AvgIpc) is 3.07. The van der Waals surface area contributed by atoms with E-state index in [9.17, 15) is 14.4 Å². The van der Waals surface area contributed by atoms with Crippen molar-refractivity contribution in [3.63, 3.8) is 0 Å². The summed E-state index contributed by atoms with van der Waals surface area (Å²) in [5, 5.41) is 2.54. The average molecular weight is 329 g/mol. The van der Waals surface area contributed by atoms with Gasteiger partial charge in [0.1, 0.15) is 6.04 Å². The first-order valence-electron chi connectivity index (χ1n) is 8.72. The molecular weight excluding hydrogens is 306 g/mol. The first-order chi connectivity index (χ1) is 11.6. The fourth-order valence-corrected chi connectivity index (χ4v) is 3.49. The van der Waals surface area contributed by atoms with Crippen molar-refractivity contribution in [1.82, 2.24) is 5.32 Å². The number of esters is 1. The summed E-state index contributed by atoms with van der Waals surface area (Å²) < 4.78 is 5.03. The SMILES string of the molecule is O=C1CC[C@@H](C(=O)OCC(=O)c2ccc(C3CCCCC3)cc2)N1. The van der Waals surface area contributed by atoms with E-state index in [1.165, 1.54) is 37.7 Å². The number of carbonyl (C=O) groups excluding carboxylic acids is 3. The Kier molecular flexibility index (Phi) is 5.28. The van der Waals surface area contributed by atoms with Crippen LogP contribution in [0.25, 0.3) is 0 Å². The zero-order valence-electron chi connectivity index (χ0n) is 13.8. The molecule has 1 aromatic rings. The van der Waals surface area contributed by atoms with Crippen LogP contribution in [0.3, 0.4) is 0 Å². The number of hydrogen-bond acceptors (Lipinski definition) is 4. The number of Topliss-reactive ketones (excluding diaryl/α,β-unsaturated/α-hetero) is 1. The zero-order valence-corrected chi connectivity index (χ0v) is 13.8. The molecule has 1 atom stereocenters. The minimum Gasteiger partial charge on any atom is -0.456 e. The van der Waals surface area contributed by atoms with Gasteiger partial charge in [-0.15, -0.1) is 0 Å². The molecule has 1 aromatic carbocycles. The minimum absolute atomic E-state index is 0.151. The fraction of sp³-hybridized carbons (Fsp3) is 0.526. The molecule has 5 nitrogen and oxygen atoms in total. The van der Waals surface area contributed by atoms with Crippen molar-refractivity contribution in [3.05, 3.63) is 35.4 Å². The lowest BCUT2D eigenvalue weighted by molar-refractivity contribution is -0.145. The normalized spacial score (nSPS) is 21.3. The number of nitrogens with one attached hydrogen (secondary N) is 1. The summed E-state index contributed by atoms with van der Waals surface area (Å²) in [4.78, 5) is 35.0. The van der Waals surface area contributed by atoms with E-state index in [4.69, 9.17) is 4.74 Å². The van der Waals surface area contributed by atoms with Gasteiger partial charge in [-0.3, -0.25) is 9.59 Å². The van der Waals surface area contributed by atoms with Crippen molar-refractivity contribution in [2.75, 3.05) is 6.61 Å². The predicted octanol–water partition coefficient (Wildman–Crippen LogP) is 2.74. The van der Waals surface area contributed by atoms with E-state index in [0.717, 1.165) is 0 Å². The molecule has 0 radical (unpaired) electrons. The van der Waals surface area contributed by atoms with E-state index in [-0.39, 0.29) is 18.3 Å². The number of ketones is 1. The molecule has 3 rings (SSSR count). The summed E-state index contributed by atoms with van der Waals surface area (Å²) in [6, 6.07) is 7.05. The maximum absolute atomic E-state index is 12.2. The van der Waals surface area contributed by atoms with E-state index in [1.807, 2.05) is 24.3 Å². The number of ether oxygens (including phenoxy) is 1. The molecule has 128 valence electrons. The second kappa shape index (κ2) is 7.60. The Morgan fingerprint density at radius 2 is 1.75 bits per heavy atom. The standard InChI is InChI=1S/C19H23NO4/c21-17(12-24-19(23)16-10-11-18(22)20-16)15-8-6-14(7-9-15)13-4-2-1-3-5-13/h6-9,13,16H,1-5,10-12H2,(H,20,22)/t16-/m0/s1. The molecule has 1 amide bonds. The Balaban J connectivity index is 1.51. The topological polar surface area (TPSA) is 72.5 Å². The largest absolute Gasteiger partial charge is 0.456 e. The number of rotatable bonds is 5. The van der Waals surface area contributed by atoms with E-state index < -0.39 is 12.0 Å². The van der Waals surface area contributed by atoms with Gasteiger partial charge in [0.05, 0.1) is 0 Å². The second-order valence-corrected chi connectivity index (χ2v) is 6.65. The van der Waals surface area contributed by atoms with Crippen LogP contribution < -0.4 is 5.32 Å².